The van der Waals surface area contributed by atoms with Gasteiger partial charge in [-0.15, -0.1) is 0 Å². The minimum atomic E-state index is -0.0662. The highest BCUT2D eigenvalue weighted by Crippen LogP contribution is 2.24. The van der Waals surface area contributed by atoms with Gasteiger partial charge in [-0.2, -0.15) is 0 Å². The van der Waals surface area contributed by atoms with E-state index in [0.717, 1.165) is 31.8 Å². The number of benzene rings is 1. The van der Waals surface area contributed by atoms with Crippen LogP contribution in [0.5, 0.6) is 0 Å². The van der Waals surface area contributed by atoms with Crippen LogP contribution in [-0.4, -0.2) is 25.9 Å². The van der Waals surface area contributed by atoms with E-state index in [0.29, 0.717) is 11.8 Å². The van der Waals surface area contributed by atoms with Crippen molar-refractivity contribution in [1.29, 1.82) is 0 Å². The Balaban J connectivity index is 1.94. The summed E-state index contributed by atoms with van der Waals surface area (Å²) in [5.74, 6) is 0.932. The van der Waals surface area contributed by atoms with Crippen molar-refractivity contribution < 1.29 is 9.47 Å². The molecule has 3 unspecified atom stereocenters. The lowest BCUT2D eigenvalue weighted by Crippen LogP contribution is -2.34. The predicted octanol–water partition coefficient (Wildman–Crippen LogP) is 2.76. The van der Waals surface area contributed by atoms with Crippen LogP contribution in [0, 0.1) is 11.8 Å². The van der Waals surface area contributed by atoms with Crippen LogP contribution < -0.4 is 5.73 Å². The molecule has 3 atom stereocenters. The standard InChI is InChI=1S/C16H25NO2/c1-12(2)16(19-11-13-8-9-18-10-13)15(17)14-6-4-3-5-7-14/h3-7,12-13,15-16H,8-11,17H2,1-2H3. The van der Waals surface area contributed by atoms with Crippen molar-refractivity contribution in [3.8, 4) is 0 Å². The summed E-state index contributed by atoms with van der Waals surface area (Å²) < 4.78 is 11.5. The molecule has 2 rings (SSSR count). The Morgan fingerprint density at radius 3 is 2.63 bits per heavy atom. The Labute approximate surface area is 116 Å². The summed E-state index contributed by atoms with van der Waals surface area (Å²) in [5, 5.41) is 0. The highest BCUT2D eigenvalue weighted by molar-refractivity contribution is 5.19. The SMILES string of the molecule is CC(C)C(OCC1CCOC1)C(N)c1ccccc1. The Hall–Kier alpha value is -0.900. The maximum Gasteiger partial charge on any atom is 0.0790 e. The first-order chi connectivity index (χ1) is 9.18. The first kappa shape index (κ1) is 14.5. The first-order valence-electron chi connectivity index (χ1n) is 7.18. The number of ether oxygens (including phenoxy) is 2. The number of nitrogens with two attached hydrogens (primary N) is 1. The third kappa shape index (κ3) is 4.03. The van der Waals surface area contributed by atoms with Crippen molar-refractivity contribution in [2.24, 2.45) is 17.6 Å². The van der Waals surface area contributed by atoms with Gasteiger partial charge < -0.3 is 15.2 Å². The molecular formula is C16H25NO2. The summed E-state index contributed by atoms with van der Waals surface area (Å²) in [6.45, 7) is 6.77. The van der Waals surface area contributed by atoms with E-state index in [1.807, 2.05) is 18.2 Å². The minimum Gasteiger partial charge on any atom is -0.381 e. The fraction of sp³-hybridized carbons (Fsp3) is 0.625. The normalized spacial score (nSPS) is 22.6. The van der Waals surface area contributed by atoms with Crippen molar-refractivity contribution >= 4 is 0 Å². The van der Waals surface area contributed by atoms with Crippen LogP contribution in [0.15, 0.2) is 30.3 Å². The van der Waals surface area contributed by atoms with Crippen LogP contribution in [0.25, 0.3) is 0 Å². The summed E-state index contributed by atoms with van der Waals surface area (Å²) in [6, 6.07) is 10.1. The van der Waals surface area contributed by atoms with E-state index in [4.69, 9.17) is 15.2 Å². The molecule has 1 aromatic carbocycles. The molecule has 0 saturated carbocycles. The van der Waals surface area contributed by atoms with Gasteiger partial charge in [-0.1, -0.05) is 44.2 Å². The molecule has 0 radical (unpaired) electrons. The average Bonchev–Trinajstić information content (AvgIpc) is 2.92. The van der Waals surface area contributed by atoms with Gasteiger partial charge in [0, 0.05) is 12.5 Å². The Morgan fingerprint density at radius 2 is 2.05 bits per heavy atom. The maximum absolute atomic E-state index is 6.37. The summed E-state index contributed by atoms with van der Waals surface area (Å²) in [5.41, 5.74) is 7.51. The molecule has 3 nitrogen and oxygen atoms in total. The number of hydrogen-bond donors (Lipinski definition) is 1. The molecular weight excluding hydrogens is 238 g/mol. The Morgan fingerprint density at radius 1 is 1.32 bits per heavy atom. The Bertz CT molecular complexity index is 360. The second-order valence-electron chi connectivity index (χ2n) is 5.71. The van der Waals surface area contributed by atoms with Gasteiger partial charge >= 0.3 is 0 Å². The van der Waals surface area contributed by atoms with E-state index in [-0.39, 0.29) is 12.1 Å². The van der Waals surface area contributed by atoms with Crippen molar-refractivity contribution in [2.75, 3.05) is 19.8 Å². The van der Waals surface area contributed by atoms with Crippen LogP contribution in [0.3, 0.4) is 0 Å². The molecule has 0 aliphatic carbocycles. The molecule has 106 valence electrons. The van der Waals surface area contributed by atoms with Crippen LogP contribution >= 0.6 is 0 Å². The van der Waals surface area contributed by atoms with Crippen LogP contribution in [0.2, 0.25) is 0 Å². The third-order valence-electron chi connectivity index (χ3n) is 3.74. The number of hydrogen-bond acceptors (Lipinski definition) is 3. The molecule has 1 aliphatic heterocycles. The van der Waals surface area contributed by atoms with Crippen LogP contribution in [0.4, 0.5) is 0 Å². The molecule has 1 aromatic rings. The highest BCUT2D eigenvalue weighted by atomic mass is 16.5. The molecule has 0 aromatic heterocycles. The molecule has 1 saturated heterocycles. The van der Waals surface area contributed by atoms with E-state index in [2.05, 4.69) is 26.0 Å². The smallest absolute Gasteiger partial charge is 0.0790 e. The zero-order valence-electron chi connectivity index (χ0n) is 11.9. The second kappa shape index (κ2) is 7.04. The highest BCUT2D eigenvalue weighted by Gasteiger charge is 2.25. The quantitative estimate of drug-likeness (QED) is 0.858. The van der Waals surface area contributed by atoms with Crippen LogP contribution in [0.1, 0.15) is 31.9 Å². The summed E-state index contributed by atoms with van der Waals surface area (Å²) in [4.78, 5) is 0. The van der Waals surface area contributed by atoms with Gasteiger partial charge in [0.2, 0.25) is 0 Å². The first-order valence-corrected chi connectivity index (χ1v) is 7.18. The van der Waals surface area contributed by atoms with E-state index in [1.165, 1.54) is 0 Å². The molecule has 2 N–H and O–H groups in total. The molecule has 1 aliphatic rings. The lowest BCUT2D eigenvalue weighted by molar-refractivity contribution is -0.0149. The Kier molecular flexibility index (Phi) is 5.37. The van der Waals surface area contributed by atoms with E-state index >= 15 is 0 Å². The topological polar surface area (TPSA) is 44.5 Å². The van der Waals surface area contributed by atoms with Crippen molar-refractivity contribution in [3.63, 3.8) is 0 Å². The van der Waals surface area contributed by atoms with Gasteiger partial charge in [-0.05, 0) is 17.9 Å². The summed E-state index contributed by atoms with van der Waals surface area (Å²) in [7, 11) is 0. The largest absolute Gasteiger partial charge is 0.381 e. The van der Waals surface area contributed by atoms with Crippen molar-refractivity contribution in [2.45, 2.75) is 32.4 Å². The monoisotopic (exact) mass is 263 g/mol. The van der Waals surface area contributed by atoms with Crippen molar-refractivity contribution in [3.05, 3.63) is 35.9 Å². The molecule has 0 bridgehead atoms. The summed E-state index contributed by atoms with van der Waals surface area (Å²) >= 11 is 0. The second-order valence-corrected chi connectivity index (χ2v) is 5.71. The molecule has 0 amide bonds. The minimum absolute atomic E-state index is 0.0583. The molecule has 0 spiro atoms. The van der Waals surface area contributed by atoms with Gasteiger partial charge in [-0.3, -0.25) is 0 Å². The fourth-order valence-electron chi connectivity index (χ4n) is 2.54. The third-order valence-corrected chi connectivity index (χ3v) is 3.74. The molecule has 3 heteroatoms. The van der Waals surface area contributed by atoms with Gasteiger partial charge in [0.1, 0.15) is 0 Å². The van der Waals surface area contributed by atoms with Gasteiger partial charge in [0.05, 0.1) is 25.4 Å². The van der Waals surface area contributed by atoms with Gasteiger partial charge in [0.15, 0.2) is 0 Å². The predicted molar refractivity (Wildman–Crippen MR) is 76.9 cm³/mol. The van der Waals surface area contributed by atoms with Crippen molar-refractivity contribution in [1.82, 2.24) is 0 Å². The van der Waals surface area contributed by atoms with Gasteiger partial charge in [-0.25, -0.2) is 0 Å². The lowest BCUT2D eigenvalue weighted by atomic mass is 9.94. The number of rotatable bonds is 6. The summed E-state index contributed by atoms with van der Waals surface area (Å²) in [6.07, 6.45) is 1.16. The maximum atomic E-state index is 6.37. The van der Waals surface area contributed by atoms with Gasteiger partial charge in [0.25, 0.3) is 0 Å². The average molecular weight is 263 g/mol. The van der Waals surface area contributed by atoms with E-state index < -0.39 is 0 Å². The van der Waals surface area contributed by atoms with Crippen LogP contribution in [-0.2, 0) is 9.47 Å². The van der Waals surface area contributed by atoms with E-state index in [1.54, 1.807) is 0 Å². The zero-order valence-corrected chi connectivity index (χ0v) is 11.9. The lowest BCUT2D eigenvalue weighted by Gasteiger charge is -2.29. The molecule has 1 fully saturated rings. The molecule has 19 heavy (non-hydrogen) atoms. The fourth-order valence-corrected chi connectivity index (χ4v) is 2.54. The van der Waals surface area contributed by atoms with E-state index in [9.17, 15) is 0 Å². The molecule has 1 heterocycles. The zero-order chi connectivity index (χ0) is 13.7.